The molecule has 3 heterocycles. The van der Waals surface area contributed by atoms with Gasteiger partial charge in [0, 0.05) is 24.7 Å². The van der Waals surface area contributed by atoms with Gasteiger partial charge in [-0.2, -0.15) is 0 Å². The summed E-state index contributed by atoms with van der Waals surface area (Å²) in [6.07, 6.45) is 2.20. The van der Waals surface area contributed by atoms with Crippen LogP contribution in [0.1, 0.15) is 48.2 Å². The zero-order chi connectivity index (χ0) is 16.6. The second kappa shape index (κ2) is 5.73. The third kappa shape index (κ3) is 2.96. The van der Waals surface area contributed by atoms with Crippen molar-refractivity contribution in [2.75, 3.05) is 13.1 Å². The van der Waals surface area contributed by atoms with Gasteiger partial charge in [0.15, 0.2) is 0 Å². The summed E-state index contributed by atoms with van der Waals surface area (Å²) in [5.41, 5.74) is 0.566. The van der Waals surface area contributed by atoms with Crippen LogP contribution in [0.25, 0.3) is 0 Å². The van der Waals surface area contributed by atoms with E-state index in [1.807, 2.05) is 32.9 Å². The topological polar surface area (TPSA) is 84.1 Å². The molecule has 0 unspecified atom stereocenters. The van der Waals surface area contributed by atoms with Gasteiger partial charge in [-0.15, -0.1) is 5.10 Å². The van der Waals surface area contributed by atoms with Crippen LogP contribution in [0, 0.1) is 6.92 Å². The minimum absolute atomic E-state index is 0.166. The molecule has 0 aliphatic carbocycles. The largest absolute Gasteiger partial charge is 0.381 e. The summed E-state index contributed by atoms with van der Waals surface area (Å²) in [5, 5.41) is 19.0. The number of likely N-dealkylation sites (tertiary alicyclic amines) is 1. The standard InChI is InChI=1S/C16H21N5O2/c1-11(2)21-9-14(18-19-21)16(23)7-8-20(10-16)15(22)13-6-4-5-12(3)17-13/h4-6,9,11,23H,7-8,10H2,1-3H3/t16-/m1/s1. The van der Waals surface area contributed by atoms with E-state index in [9.17, 15) is 9.90 Å². The average molecular weight is 315 g/mol. The Morgan fingerprint density at radius 3 is 2.83 bits per heavy atom. The van der Waals surface area contributed by atoms with Gasteiger partial charge in [0.05, 0.1) is 12.7 Å². The maximum atomic E-state index is 12.5. The van der Waals surface area contributed by atoms with Crippen molar-refractivity contribution in [1.29, 1.82) is 0 Å². The van der Waals surface area contributed by atoms with Crippen LogP contribution in [-0.4, -0.2) is 49.0 Å². The molecule has 0 saturated carbocycles. The summed E-state index contributed by atoms with van der Waals surface area (Å²) >= 11 is 0. The molecule has 3 rings (SSSR count). The maximum absolute atomic E-state index is 12.5. The summed E-state index contributed by atoms with van der Waals surface area (Å²) in [4.78, 5) is 18.4. The number of hydrogen-bond acceptors (Lipinski definition) is 5. The molecule has 0 aromatic carbocycles. The number of nitrogens with zero attached hydrogens (tertiary/aromatic N) is 5. The molecule has 1 atom stereocenters. The van der Waals surface area contributed by atoms with Gasteiger partial charge in [0.1, 0.15) is 17.0 Å². The zero-order valence-electron chi connectivity index (χ0n) is 13.6. The van der Waals surface area contributed by atoms with E-state index in [-0.39, 0.29) is 18.5 Å². The van der Waals surface area contributed by atoms with E-state index in [4.69, 9.17) is 0 Å². The number of aliphatic hydroxyl groups is 1. The predicted molar refractivity (Wildman–Crippen MR) is 83.8 cm³/mol. The number of hydrogen-bond donors (Lipinski definition) is 1. The molecule has 7 nitrogen and oxygen atoms in total. The molecule has 0 bridgehead atoms. The van der Waals surface area contributed by atoms with Crippen LogP contribution in [0.4, 0.5) is 0 Å². The summed E-state index contributed by atoms with van der Waals surface area (Å²) in [6.45, 7) is 6.52. The molecule has 2 aromatic heterocycles. The van der Waals surface area contributed by atoms with Crippen molar-refractivity contribution in [2.45, 2.75) is 38.8 Å². The Morgan fingerprint density at radius 2 is 2.17 bits per heavy atom. The highest BCUT2D eigenvalue weighted by Gasteiger charge is 2.42. The Hall–Kier alpha value is -2.28. The van der Waals surface area contributed by atoms with Crippen molar-refractivity contribution in [2.24, 2.45) is 0 Å². The molecule has 1 saturated heterocycles. The number of pyridine rings is 1. The summed E-state index contributed by atoms with van der Waals surface area (Å²) in [5.74, 6) is -0.166. The quantitative estimate of drug-likeness (QED) is 0.923. The molecule has 23 heavy (non-hydrogen) atoms. The molecule has 1 amide bonds. The lowest BCUT2D eigenvalue weighted by molar-refractivity contribution is 0.0380. The van der Waals surface area contributed by atoms with E-state index >= 15 is 0 Å². The van der Waals surface area contributed by atoms with E-state index in [1.54, 1.807) is 21.8 Å². The molecule has 7 heteroatoms. The Balaban J connectivity index is 1.77. The number of aromatic nitrogens is 4. The average Bonchev–Trinajstić information content (AvgIpc) is 3.14. The van der Waals surface area contributed by atoms with Crippen molar-refractivity contribution in [3.05, 3.63) is 41.5 Å². The summed E-state index contributed by atoms with van der Waals surface area (Å²) in [7, 11) is 0. The maximum Gasteiger partial charge on any atom is 0.272 e. The normalized spacial score (nSPS) is 21.2. The van der Waals surface area contributed by atoms with Gasteiger partial charge in [-0.25, -0.2) is 9.67 Å². The number of aryl methyl sites for hydroxylation is 1. The fourth-order valence-electron chi connectivity index (χ4n) is 2.74. The summed E-state index contributed by atoms with van der Waals surface area (Å²) < 4.78 is 1.71. The van der Waals surface area contributed by atoms with Crippen molar-refractivity contribution in [3.8, 4) is 0 Å². The summed E-state index contributed by atoms with van der Waals surface area (Å²) in [6, 6.07) is 5.53. The number of β-amino-alcohol motifs (C(OH)–C–C–N with tert-alkyl or cyclic N) is 1. The van der Waals surface area contributed by atoms with Gasteiger partial charge in [-0.05, 0) is 32.9 Å². The van der Waals surface area contributed by atoms with E-state index in [0.717, 1.165) is 5.69 Å². The van der Waals surface area contributed by atoms with Crippen LogP contribution in [0.2, 0.25) is 0 Å². The van der Waals surface area contributed by atoms with Gasteiger partial charge >= 0.3 is 0 Å². The third-order valence-electron chi connectivity index (χ3n) is 4.16. The molecule has 1 fully saturated rings. The van der Waals surface area contributed by atoms with E-state index in [1.165, 1.54) is 0 Å². The Bertz CT molecular complexity index is 727. The SMILES string of the molecule is Cc1cccc(C(=O)N2CC[C@](O)(c3cn(C(C)C)nn3)C2)n1. The minimum atomic E-state index is -1.15. The number of carbonyl (C=O) groups is 1. The lowest BCUT2D eigenvalue weighted by Crippen LogP contribution is -2.35. The van der Waals surface area contributed by atoms with Crippen LogP contribution >= 0.6 is 0 Å². The monoisotopic (exact) mass is 315 g/mol. The lowest BCUT2D eigenvalue weighted by atomic mass is 10.00. The Labute approximate surface area is 134 Å². The highest BCUT2D eigenvalue weighted by Crippen LogP contribution is 2.31. The molecule has 0 radical (unpaired) electrons. The van der Waals surface area contributed by atoms with Crippen LogP contribution in [0.15, 0.2) is 24.4 Å². The Kier molecular flexibility index (Phi) is 3.89. The molecule has 122 valence electrons. The van der Waals surface area contributed by atoms with Gasteiger partial charge in [0.25, 0.3) is 5.91 Å². The highest BCUT2D eigenvalue weighted by molar-refractivity contribution is 5.92. The fourth-order valence-corrected chi connectivity index (χ4v) is 2.74. The fraction of sp³-hybridized carbons (Fsp3) is 0.500. The molecule has 1 aliphatic rings. The first-order chi connectivity index (χ1) is 10.9. The van der Waals surface area contributed by atoms with Crippen LogP contribution < -0.4 is 0 Å². The van der Waals surface area contributed by atoms with Gasteiger partial charge in [0.2, 0.25) is 0 Å². The lowest BCUT2D eigenvalue weighted by Gasteiger charge is -2.21. The van der Waals surface area contributed by atoms with Crippen molar-refractivity contribution >= 4 is 5.91 Å². The second-order valence-electron chi connectivity index (χ2n) is 6.35. The van der Waals surface area contributed by atoms with E-state index in [0.29, 0.717) is 24.4 Å². The van der Waals surface area contributed by atoms with Crippen LogP contribution in [0.3, 0.4) is 0 Å². The van der Waals surface area contributed by atoms with Gasteiger partial charge in [-0.1, -0.05) is 11.3 Å². The molecular weight excluding hydrogens is 294 g/mol. The molecular formula is C16H21N5O2. The zero-order valence-corrected chi connectivity index (χ0v) is 13.6. The predicted octanol–water partition coefficient (Wildman–Crippen LogP) is 1.30. The van der Waals surface area contributed by atoms with Gasteiger partial charge < -0.3 is 10.0 Å². The molecule has 1 aliphatic heterocycles. The number of rotatable bonds is 3. The highest BCUT2D eigenvalue weighted by atomic mass is 16.3. The van der Waals surface area contributed by atoms with Crippen molar-refractivity contribution in [3.63, 3.8) is 0 Å². The first-order valence-corrected chi connectivity index (χ1v) is 7.77. The third-order valence-corrected chi connectivity index (χ3v) is 4.16. The van der Waals surface area contributed by atoms with Crippen LogP contribution in [0.5, 0.6) is 0 Å². The number of carbonyl (C=O) groups excluding carboxylic acids is 1. The molecule has 2 aromatic rings. The smallest absolute Gasteiger partial charge is 0.272 e. The molecule has 0 spiro atoms. The van der Waals surface area contributed by atoms with Crippen molar-refractivity contribution in [1.82, 2.24) is 24.9 Å². The Morgan fingerprint density at radius 1 is 1.39 bits per heavy atom. The molecule has 1 N–H and O–H groups in total. The van der Waals surface area contributed by atoms with E-state index < -0.39 is 5.60 Å². The second-order valence-corrected chi connectivity index (χ2v) is 6.35. The van der Waals surface area contributed by atoms with Crippen LogP contribution in [-0.2, 0) is 5.60 Å². The first-order valence-electron chi connectivity index (χ1n) is 7.77. The minimum Gasteiger partial charge on any atom is -0.381 e. The first kappa shape index (κ1) is 15.6. The van der Waals surface area contributed by atoms with Crippen molar-refractivity contribution < 1.29 is 9.90 Å². The van der Waals surface area contributed by atoms with E-state index in [2.05, 4.69) is 15.3 Å². The number of amides is 1. The van der Waals surface area contributed by atoms with Gasteiger partial charge in [-0.3, -0.25) is 4.79 Å².